The van der Waals surface area contributed by atoms with Crippen LogP contribution in [0.5, 0.6) is 0 Å². The fraction of sp³-hybridized carbons (Fsp3) is 0.158. The standard InChI is InChI=1S/C38H29BN4/c40-24-26-16-18-32-34(20-26)42(30-12-6-2-7-13-30)36-22-29(28-10-4-1-5-11-28)23-37-38(36)39(32)33-19-17-27(25-41)21-35(33)43(37)31-14-8-3-9-15-31/h2-3,6-9,12-23,28H,1,4-5,10-11H2. The molecule has 1 fully saturated rings. The molecule has 43 heavy (non-hydrogen) atoms. The third kappa shape index (κ3) is 4.04. The van der Waals surface area contributed by atoms with E-state index in [1.54, 1.807) is 0 Å². The molecule has 5 heteroatoms. The van der Waals surface area contributed by atoms with Gasteiger partial charge in [-0.25, -0.2) is 0 Å². The molecule has 3 aliphatic rings. The monoisotopic (exact) mass is 552 g/mol. The maximum absolute atomic E-state index is 9.95. The van der Waals surface area contributed by atoms with Gasteiger partial charge in [-0.1, -0.05) is 67.8 Å². The highest BCUT2D eigenvalue weighted by Gasteiger charge is 2.44. The highest BCUT2D eigenvalue weighted by molar-refractivity contribution is 7.00. The molecule has 1 saturated carbocycles. The van der Waals surface area contributed by atoms with Crippen molar-refractivity contribution in [1.29, 1.82) is 10.5 Å². The van der Waals surface area contributed by atoms with Crippen molar-refractivity contribution in [3.8, 4) is 12.1 Å². The lowest BCUT2D eigenvalue weighted by atomic mass is 9.33. The van der Waals surface area contributed by atoms with Gasteiger partial charge < -0.3 is 9.80 Å². The van der Waals surface area contributed by atoms with Crippen molar-refractivity contribution in [3.63, 3.8) is 0 Å². The summed E-state index contributed by atoms with van der Waals surface area (Å²) in [6, 6.07) is 43.0. The first kappa shape index (κ1) is 25.5. The van der Waals surface area contributed by atoms with E-state index in [1.807, 2.05) is 24.3 Å². The Morgan fingerprint density at radius 1 is 0.558 bits per heavy atom. The van der Waals surface area contributed by atoms with E-state index in [2.05, 4.69) is 107 Å². The zero-order chi connectivity index (χ0) is 28.9. The molecule has 204 valence electrons. The minimum absolute atomic E-state index is 0.0317. The number of hydrogen-bond donors (Lipinski definition) is 0. The molecule has 0 bridgehead atoms. The molecule has 8 rings (SSSR count). The summed E-state index contributed by atoms with van der Waals surface area (Å²) in [5, 5.41) is 19.9. The zero-order valence-electron chi connectivity index (χ0n) is 23.9. The Bertz CT molecular complexity index is 1820. The van der Waals surface area contributed by atoms with Gasteiger partial charge in [0.25, 0.3) is 6.71 Å². The summed E-state index contributed by atoms with van der Waals surface area (Å²) in [4.78, 5) is 4.74. The quantitative estimate of drug-likeness (QED) is 0.212. The van der Waals surface area contributed by atoms with E-state index in [9.17, 15) is 10.5 Å². The van der Waals surface area contributed by atoms with Crippen molar-refractivity contribution in [3.05, 3.63) is 126 Å². The van der Waals surface area contributed by atoms with E-state index in [0.29, 0.717) is 17.0 Å². The van der Waals surface area contributed by atoms with Crippen LogP contribution in [0.4, 0.5) is 34.1 Å². The Morgan fingerprint density at radius 3 is 1.51 bits per heavy atom. The molecular formula is C38H29BN4. The van der Waals surface area contributed by atoms with E-state index in [4.69, 9.17) is 0 Å². The second-order valence-electron chi connectivity index (χ2n) is 11.9. The fourth-order valence-electron chi connectivity index (χ4n) is 7.53. The highest BCUT2D eigenvalue weighted by atomic mass is 15.2. The molecule has 0 N–H and O–H groups in total. The smallest absolute Gasteiger partial charge is 0.252 e. The number of anilines is 6. The van der Waals surface area contributed by atoms with E-state index >= 15 is 0 Å². The molecule has 0 saturated heterocycles. The molecule has 2 aliphatic heterocycles. The van der Waals surface area contributed by atoms with Gasteiger partial charge in [-0.2, -0.15) is 10.5 Å². The molecule has 2 heterocycles. The van der Waals surface area contributed by atoms with Gasteiger partial charge in [0.1, 0.15) is 0 Å². The van der Waals surface area contributed by atoms with E-state index in [-0.39, 0.29) is 6.71 Å². The SMILES string of the molecule is N#Cc1ccc2c(c1)N(c1ccccc1)c1cc(C3CCCCC3)cc3c1B2c1ccc(C#N)cc1N3c1ccccc1. The Morgan fingerprint density at radius 2 is 1.05 bits per heavy atom. The average Bonchev–Trinajstić information content (AvgIpc) is 3.08. The van der Waals surface area contributed by atoms with Crippen molar-refractivity contribution in [1.82, 2.24) is 0 Å². The van der Waals surface area contributed by atoms with E-state index < -0.39 is 0 Å². The van der Waals surface area contributed by atoms with Crippen LogP contribution in [0.2, 0.25) is 0 Å². The van der Waals surface area contributed by atoms with Crippen LogP contribution in [-0.2, 0) is 0 Å². The van der Waals surface area contributed by atoms with Gasteiger partial charge in [-0.15, -0.1) is 0 Å². The van der Waals surface area contributed by atoms with Gasteiger partial charge >= 0.3 is 0 Å². The Balaban J connectivity index is 1.50. The molecule has 1 aliphatic carbocycles. The summed E-state index contributed by atoms with van der Waals surface area (Å²) < 4.78 is 0. The summed E-state index contributed by atoms with van der Waals surface area (Å²) in [6.07, 6.45) is 6.21. The van der Waals surface area contributed by atoms with Crippen LogP contribution in [0.25, 0.3) is 0 Å². The van der Waals surface area contributed by atoms with Crippen molar-refractivity contribution < 1.29 is 0 Å². The van der Waals surface area contributed by atoms with Gasteiger partial charge in [0.05, 0.1) is 23.3 Å². The average molecular weight is 552 g/mol. The summed E-state index contributed by atoms with van der Waals surface area (Å²) in [5.41, 5.74) is 12.9. The predicted molar refractivity (Wildman–Crippen MR) is 176 cm³/mol. The van der Waals surface area contributed by atoms with Crippen LogP contribution in [0.15, 0.2) is 109 Å². The minimum Gasteiger partial charge on any atom is -0.311 e. The molecule has 5 aromatic carbocycles. The number of fused-ring (bicyclic) bond motifs is 4. The Hall–Kier alpha value is -5.26. The summed E-state index contributed by atoms with van der Waals surface area (Å²) in [5.74, 6) is 0.502. The third-order valence-corrected chi connectivity index (χ3v) is 9.46. The van der Waals surface area contributed by atoms with Crippen LogP contribution in [0.3, 0.4) is 0 Å². The van der Waals surface area contributed by atoms with Crippen molar-refractivity contribution in [2.24, 2.45) is 0 Å². The van der Waals surface area contributed by atoms with Crippen molar-refractivity contribution >= 4 is 57.2 Å². The van der Waals surface area contributed by atoms with Gasteiger partial charge in [0.2, 0.25) is 0 Å². The minimum atomic E-state index is -0.0317. The molecule has 0 atom stereocenters. The molecule has 0 spiro atoms. The van der Waals surface area contributed by atoms with E-state index in [0.717, 1.165) is 22.7 Å². The summed E-state index contributed by atoms with van der Waals surface area (Å²) in [7, 11) is 0. The zero-order valence-corrected chi connectivity index (χ0v) is 23.9. The number of nitrogens with zero attached hydrogens (tertiary/aromatic N) is 4. The second kappa shape index (κ2) is 10.2. The molecular weight excluding hydrogens is 523 g/mol. The fourth-order valence-corrected chi connectivity index (χ4v) is 7.53. The number of para-hydroxylation sites is 2. The van der Waals surface area contributed by atoms with Gasteiger partial charge in [-0.05, 0) is 101 Å². The lowest BCUT2D eigenvalue weighted by molar-refractivity contribution is 0.444. The van der Waals surface area contributed by atoms with Gasteiger partial charge in [0.15, 0.2) is 0 Å². The normalized spacial score (nSPS) is 15.2. The largest absolute Gasteiger partial charge is 0.311 e. The third-order valence-electron chi connectivity index (χ3n) is 9.46. The lowest BCUT2D eigenvalue weighted by Gasteiger charge is -2.45. The van der Waals surface area contributed by atoms with Crippen LogP contribution in [-0.4, -0.2) is 6.71 Å². The number of rotatable bonds is 3. The second-order valence-corrected chi connectivity index (χ2v) is 11.9. The molecule has 0 unspecified atom stereocenters. The Kier molecular flexibility index (Phi) is 6.06. The van der Waals surface area contributed by atoms with E-state index in [1.165, 1.54) is 65.4 Å². The van der Waals surface area contributed by atoms with Gasteiger partial charge in [-0.3, -0.25) is 0 Å². The van der Waals surface area contributed by atoms with Crippen LogP contribution in [0.1, 0.15) is 54.7 Å². The highest BCUT2D eigenvalue weighted by Crippen LogP contribution is 2.46. The molecule has 0 aromatic heterocycles. The lowest BCUT2D eigenvalue weighted by Crippen LogP contribution is -2.61. The first-order valence-corrected chi connectivity index (χ1v) is 15.2. The summed E-state index contributed by atoms with van der Waals surface area (Å²) >= 11 is 0. The first-order valence-electron chi connectivity index (χ1n) is 15.2. The van der Waals surface area contributed by atoms with Crippen molar-refractivity contribution in [2.45, 2.75) is 38.0 Å². The maximum Gasteiger partial charge on any atom is 0.252 e. The first-order chi connectivity index (χ1) is 21.2. The number of nitriles is 2. The topological polar surface area (TPSA) is 54.1 Å². The number of hydrogen-bond acceptors (Lipinski definition) is 4. The van der Waals surface area contributed by atoms with Crippen LogP contribution < -0.4 is 26.2 Å². The maximum atomic E-state index is 9.95. The van der Waals surface area contributed by atoms with Crippen LogP contribution >= 0.6 is 0 Å². The molecule has 4 nitrogen and oxygen atoms in total. The Labute approximate surface area is 253 Å². The number of benzene rings is 5. The summed E-state index contributed by atoms with van der Waals surface area (Å²) in [6.45, 7) is -0.0317. The van der Waals surface area contributed by atoms with Crippen molar-refractivity contribution in [2.75, 3.05) is 9.80 Å². The predicted octanol–water partition coefficient (Wildman–Crippen LogP) is 7.56. The van der Waals surface area contributed by atoms with Gasteiger partial charge in [0, 0.05) is 34.1 Å². The molecule has 0 amide bonds. The molecule has 0 radical (unpaired) electrons. The van der Waals surface area contributed by atoms with Crippen LogP contribution in [0, 0.1) is 22.7 Å². The molecule has 5 aromatic rings.